The minimum atomic E-state index is 0.249. The van der Waals surface area contributed by atoms with Gasteiger partial charge < -0.3 is 10.5 Å². The molecule has 1 fully saturated rings. The number of nitrogens with two attached hydrogens (primary N) is 1. The molecule has 3 nitrogen and oxygen atoms in total. The first-order valence-electron chi connectivity index (χ1n) is 6.69. The van der Waals surface area contributed by atoms with Crippen LogP contribution in [0.4, 0.5) is 5.69 Å². The van der Waals surface area contributed by atoms with Crippen LogP contribution in [0.15, 0.2) is 18.2 Å². The van der Waals surface area contributed by atoms with Crippen LogP contribution in [0.2, 0.25) is 0 Å². The van der Waals surface area contributed by atoms with Crippen molar-refractivity contribution in [2.45, 2.75) is 45.1 Å². The fourth-order valence-corrected chi connectivity index (χ4v) is 2.64. The van der Waals surface area contributed by atoms with Gasteiger partial charge in [-0.15, -0.1) is 0 Å². The highest BCUT2D eigenvalue weighted by Gasteiger charge is 2.22. The summed E-state index contributed by atoms with van der Waals surface area (Å²) in [6.07, 6.45) is 6.19. The van der Waals surface area contributed by atoms with Crippen molar-refractivity contribution in [3.8, 4) is 11.8 Å². The SMILES string of the molecule is CCC1CCCC(Oc2ccc(N)cc2C#N)C1. The molecule has 0 aliphatic heterocycles. The van der Waals surface area contributed by atoms with Gasteiger partial charge in [-0.05, 0) is 43.4 Å². The second kappa shape index (κ2) is 5.77. The molecule has 18 heavy (non-hydrogen) atoms. The molecule has 1 aromatic rings. The van der Waals surface area contributed by atoms with E-state index >= 15 is 0 Å². The molecule has 0 bridgehead atoms. The third kappa shape index (κ3) is 2.95. The standard InChI is InChI=1S/C15H20N2O/c1-2-11-4-3-5-14(8-11)18-15-7-6-13(17)9-12(15)10-16/h6-7,9,11,14H,2-5,8,17H2,1H3. The Labute approximate surface area is 109 Å². The van der Waals surface area contributed by atoms with E-state index in [0.717, 1.165) is 18.8 Å². The van der Waals surface area contributed by atoms with Crippen LogP contribution in [-0.2, 0) is 0 Å². The molecule has 0 amide bonds. The summed E-state index contributed by atoms with van der Waals surface area (Å²) in [7, 11) is 0. The third-order valence-electron chi connectivity index (χ3n) is 3.73. The number of hydrogen-bond donors (Lipinski definition) is 1. The highest BCUT2D eigenvalue weighted by atomic mass is 16.5. The van der Waals surface area contributed by atoms with E-state index in [1.165, 1.54) is 19.3 Å². The van der Waals surface area contributed by atoms with Crippen LogP contribution >= 0.6 is 0 Å². The lowest BCUT2D eigenvalue weighted by atomic mass is 9.85. The Hall–Kier alpha value is -1.69. The van der Waals surface area contributed by atoms with E-state index in [0.29, 0.717) is 17.0 Å². The molecule has 3 heteroatoms. The average molecular weight is 244 g/mol. The van der Waals surface area contributed by atoms with E-state index in [-0.39, 0.29) is 6.10 Å². The van der Waals surface area contributed by atoms with Crippen LogP contribution in [0.25, 0.3) is 0 Å². The number of nitrogens with zero attached hydrogens (tertiary/aromatic N) is 1. The lowest BCUT2D eigenvalue weighted by molar-refractivity contribution is 0.122. The fourth-order valence-electron chi connectivity index (χ4n) is 2.64. The zero-order chi connectivity index (χ0) is 13.0. The molecule has 2 rings (SSSR count). The maximum Gasteiger partial charge on any atom is 0.137 e. The molecule has 1 aliphatic carbocycles. The molecule has 2 atom stereocenters. The Balaban J connectivity index is 2.07. The molecule has 0 aromatic heterocycles. The molecule has 0 heterocycles. The molecule has 1 aliphatic rings. The summed E-state index contributed by atoms with van der Waals surface area (Å²) in [5, 5.41) is 9.08. The van der Waals surface area contributed by atoms with Gasteiger partial charge in [-0.3, -0.25) is 0 Å². The van der Waals surface area contributed by atoms with Crippen molar-refractivity contribution in [2.24, 2.45) is 5.92 Å². The lowest BCUT2D eigenvalue weighted by Gasteiger charge is -2.29. The van der Waals surface area contributed by atoms with Gasteiger partial charge in [0.2, 0.25) is 0 Å². The van der Waals surface area contributed by atoms with Gasteiger partial charge >= 0.3 is 0 Å². The zero-order valence-electron chi connectivity index (χ0n) is 10.9. The minimum Gasteiger partial charge on any atom is -0.489 e. The van der Waals surface area contributed by atoms with Crippen LogP contribution in [0.1, 0.15) is 44.6 Å². The van der Waals surface area contributed by atoms with Gasteiger partial charge in [0.1, 0.15) is 11.8 Å². The molecule has 2 N–H and O–H groups in total. The monoisotopic (exact) mass is 244 g/mol. The Bertz CT molecular complexity index is 450. The maximum absolute atomic E-state index is 9.08. The number of rotatable bonds is 3. The number of nitriles is 1. The summed E-state index contributed by atoms with van der Waals surface area (Å²) >= 11 is 0. The van der Waals surface area contributed by atoms with Crippen LogP contribution in [-0.4, -0.2) is 6.10 Å². The Kier molecular flexibility index (Phi) is 4.09. The predicted molar refractivity (Wildman–Crippen MR) is 72.2 cm³/mol. The Morgan fingerprint density at radius 2 is 2.28 bits per heavy atom. The summed E-state index contributed by atoms with van der Waals surface area (Å²) in [5.41, 5.74) is 6.81. The molecule has 1 aromatic carbocycles. The van der Waals surface area contributed by atoms with Crippen LogP contribution in [0.5, 0.6) is 5.75 Å². The summed E-state index contributed by atoms with van der Waals surface area (Å²) < 4.78 is 5.99. The third-order valence-corrected chi connectivity index (χ3v) is 3.73. The minimum absolute atomic E-state index is 0.249. The molecule has 0 radical (unpaired) electrons. The van der Waals surface area contributed by atoms with Gasteiger partial charge in [0.15, 0.2) is 0 Å². The summed E-state index contributed by atoms with van der Waals surface area (Å²) in [5.74, 6) is 1.44. The number of hydrogen-bond acceptors (Lipinski definition) is 3. The molecular weight excluding hydrogens is 224 g/mol. The van der Waals surface area contributed by atoms with Crippen LogP contribution < -0.4 is 10.5 Å². The molecular formula is C15H20N2O. The Morgan fingerprint density at radius 3 is 3.00 bits per heavy atom. The second-order valence-corrected chi connectivity index (χ2v) is 5.05. The van der Waals surface area contributed by atoms with Crippen molar-refractivity contribution in [1.82, 2.24) is 0 Å². The van der Waals surface area contributed by atoms with Gasteiger partial charge in [-0.25, -0.2) is 0 Å². The lowest BCUT2D eigenvalue weighted by Crippen LogP contribution is -2.25. The van der Waals surface area contributed by atoms with Crippen LogP contribution in [0.3, 0.4) is 0 Å². The number of nitrogen functional groups attached to an aromatic ring is 1. The Morgan fingerprint density at radius 1 is 1.44 bits per heavy atom. The average Bonchev–Trinajstić information content (AvgIpc) is 2.41. The van der Waals surface area contributed by atoms with E-state index in [4.69, 9.17) is 15.7 Å². The molecule has 2 unspecified atom stereocenters. The van der Waals surface area contributed by atoms with E-state index < -0.39 is 0 Å². The normalized spacial score (nSPS) is 23.3. The maximum atomic E-state index is 9.08. The van der Waals surface area contributed by atoms with Crippen molar-refractivity contribution in [3.05, 3.63) is 23.8 Å². The first-order valence-corrected chi connectivity index (χ1v) is 6.69. The summed E-state index contributed by atoms with van der Waals surface area (Å²) in [6.45, 7) is 2.23. The van der Waals surface area contributed by atoms with Crippen molar-refractivity contribution in [3.63, 3.8) is 0 Å². The highest BCUT2D eigenvalue weighted by Crippen LogP contribution is 2.31. The number of ether oxygens (including phenoxy) is 1. The quantitative estimate of drug-likeness (QED) is 0.828. The van der Waals surface area contributed by atoms with Crippen molar-refractivity contribution in [1.29, 1.82) is 5.26 Å². The van der Waals surface area contributed by atoms with Gasteiger partial charge in [0.25, 0.3) is 0 Å². The van der Waals surface area contributed by atoms with Gasteiger partial charge in [0, 0.05) is 5.69 Å². The molecule has 96 valence electrons. The van der Waals surface area contributed by atoms with E-state index in [1.54, 1.807) is 12.1 Å². The largest absolute Gasteiger partial charge is 0.489 e. The first-order chi connectivity index (χ1) is 8.72. The number of anilines is 1. The summed E-state index contributed by atoms with van der Waals surface area (Å²) in [6, 6.07) is 7.42. The van der Waals surface area contributed by atoms with Crippen molar-refractivity contribution < 1.29 is 4.74 Å². The van der Waals surface area contributed by atoms with Crippen molar-refractivity contribution >= 4 is 5.69 Å². The zero-order valence-corrected chi connectivity index (χ0v) is 10.9. The summed E-state index contributed by atoms with van der Waals surface area (Å²) in [4.78, 5) is 0. The molecule has 0 saturated heterocycles. The molecule has 1 saturated carbocycles. The number of benzene rings is 1. The smallest absolute Gasteiger partial charge is 0.137 e. The highest BCUT2D eigenvalue weighted by molar-refractivity contribution is 5.53. The van der Waals surface area contributed by atoms with Crippen LogP contribution in [0, 0.1) is 17.2 Å². The van der Waals surface area contributed by atoms with Gasteiger partial charge in [0.05, 0.1) is 11.7 Å². The van der Waals surface area contributed by atoms with E-state index in [2.05, 4.69) is 13.0 Å². The van der Waals surface area contributed by atoms with E-state index in [1.807, 2.05) is 6.07 Å². The van der Waals surface area contributed by atoms with Gasteiger partial charge in [-0.1, -0.05) is 19.8 Å². The second-order valence-electron chi connectivity index (χ2n) is 5.05. The fraction of sp³-hybridized carbons (Fsp3) is 0.533. The topological polar surface area (TPSA) is 59.0 Å². The predicted octanol–water partition coefficient (Wildman–Crippen LogP) is 3.49. The molecule has 0 spiro atoms. The van der Waals surface area contributed by atoms with Gasteiger partial charge in [-0.2, -0.15) is 5.26 Å². The van der Waals surface area contributed by atoms with E-state index in [9.17, 15) is 0 Å². The first kappa shape index (κ1) is 12.8. The van der Waals surface area contributed by atoms with Crippen molar-refractivity contribution in [2.75, 3.05) is 5.73 Å².